The molecule has 2 bridgehead atoms. The third-order valence-corrected chi connectivity index (χ3v) is 9.48. The Balaban J connectivity index is 1.24. The maximum atomic E-state index is 13.4. The molecule has 4 unspecified atom stereocenters. The Morgan fingerprint density at radius 1 is 0.936 bits per heavy atom. The quantitative estimate of drug-likeness (QED) is 0.0644. The van der Waals surface area contributed by atoms with E-state index in [2.05, 4.69) is 39.9 Å². The van der Waals surface area contributed by atoms with Crippen LogP contribution in [0.5, 0.6) is 0 Å². The van der Waals surface area contributed by atoms with Gasteiger partial charge in [0.1, 0.15) is 36.3 Å². The number of imidazole rings is 2. The Kier molecular flexibility index (Phi) is 7.75. The smallest absolute Gasteiger partial charge is 0.386 e. The van der Waals surface area contributed by atoms with Crippen LogP contribution in [0.4, 0.5) is 11.8 Å². The maximum Gasteiger partial charge on any atom is 0.472 e. The van der Waals surface area contributed by atoms with Crippen molar-refractivity contribution >= 4 is 49.7 Å². The van der Waals surface area contributed by atoms with Gasteiger partial charge in [0.2, 0.25) is 5.95 Å². The van der Waals surface area contributed by atoms with Gasteiger partial charge in [0, 0.05) is 4.91 Å². The monoisotopic (exact) mass is 699 g/mol. The van der Waals surface area contributed by atoms with Gasteiger partial charge >= 0.3 is 15.6 Å². The fourth-order valence-electron chi connectivity index (χ4n) is 5.50. The average molecular weight is 699 g/mol. The number of aliphatic hydroxyl groups excluding tert-OH is 1. The second-order valence-corrected chi connectivity index (χ2v) is 13.2. The number of nitrogens with zero attached hydrogens (tertiary/aromatic N) is 10. The molecule has 4 aromatic heterocycles. The SMILES string of the molecule is [N-]=[N+]=NC1[C@H]2OP(=O)(O)OC[C@H]3O[C@@H](n4cnc5c(N)ncnc54)[C@H](O)[C@@H]3OP(=O)(O)OC[C@H]1OC2n1cnc2c(=O)[nH]c(N)nc21. The first-order valence-electron chi connectivity index (χ1n) is 13.4. The molecule has 47 heavy (non-hydrogen) atoms. The van der Waals surface area contributed by atoms with E-state index in [0.717, 1.165) is 17.2 Å². The van der Waals surface area contributed by atoms with Crippen molar-refractivity contribution in [3.8, 4) is 0 Å². The summed E-state index contributed by atoms with van der Waals surface area (Å²) in [5, 5.41) is 14.8. The van der Waals surface area contributed by atoms with Gasteiger partial charge in [0.15, 0.2) is 35.1 Å². The number of nitrogens with one attached hydrogen (secondary N) is 1. The fourth-order valence-corrected chi connectivity index (χ4v) is 7.39. The summed E-state index contributed by atoms with van der Waals surface area (Å²) >= 11 is 0. The molecule has 25 nitrogen and oxygen atoms in total. The van der Waals surface area contributed by atoms with Crippen molar-refractivity contribution in [2.75, 3.05) is 24.7 Å². The highest BCUT2D eigenvalue weighted by molar-refractivity contribution is 7.47. The number of hydrogen-bond donors (Lipinski definition) is 6. The van der Waals surface area contributed by atoms with Crippen LogP contribution in [0.25, 0.3) is 32.8 Å². The molecule has 3 fully saturated rings. The first-order valence-corrected chi connectivity index (χ1v) is 16.3. The van der Waals surface area contributed by atoms with Crippen LogP contribution >= 0.6 is 15.6 Å². The minimum absolute atomic E-state index is 0.0268. The highest BCUT2D eigenvalue weighted by Crippen LogP contribution is 2.54. The lowest BCUT2D eigenvalue weighted by Gasteiger charge is -2.26. The lowest BCUT2D eigenvalue weighted by atomic mass is 10.1. The molecule has 3 saturated heterocycles. The van der Waals surface area contributed by atoms with E-state index in [-0.39, 0.29) is 34.1 Å². The molecule has 250 valence electrons. The van der Waals surface area contributed by atoms with Gasteiger partial charge in [0.05, 0.1) is 38.0 Å². The summed E-state index contributed by atoms with van der Waals surface area (Å²) in [6, 6.07) is -1.50. The highest BCUT2D eigenvalue weighted by atomic mass is 31.2. The molecule has 7 rings (SSSR count). The molecular weight excluding hydrogens is 676 g/mol. The summed E-state index contributed by atoms with van der Waals surface area (Å²) < 4.78 is 61.8. The van der Waals surface area contributed by atoms with Crippen molar-refractivity contribution in [3.63, 3.8) is 0 Å². The van der Waals surface area contributed by atoms with Crippen molar-refractivity contribution in [2.45, 2.75) is 49.0 Å². The molecule has 0 spiro atoms. The van der Waals surface area contributed by atoms with E-state index in [0.29, 0.717) is 0 Å². The van der Waals surface area contributed by atoms with Crippen LogP contribution in [-0.2, 0) is 36.7 Å². The van der Waals surface area contributed by atoms with Gasteiger partial charge in [-0.25, -0.2) is 29.1 Å². The molecule has 0 aliphatic carbocycles. The number of rotatable bonds is 3. The number of anilines is 2. The minimum Gasteiger partial charge on any atom is -0.386 e. The summed E-state index contributed by atoms with van der Waals surface area (Å²) in [6.45, 7) is -1.67. The van der Waals surface area contributed by atoms with Gasteiger partial charge in [-0.1, -0.05) is 5.11 Å². The predicted octanol–water partition coefficient (Wildman–Crippen LogP) is -1.02. The van der Waals surface area contributed by atoms with Crippen LogP contribution < -0.4 is 17.0 Å². The Labute approximate surface area is 259 Å². The van der Waals surface area contributed by atoms with E-state index in [1.165, 1.54) is 10.9 Å². The fraction of sp³-hybridized carbons (Fsp3) is 0.500. The number of nitrogens with two attached hydrogens (primary N) is 2. The van der Waals surface area contributed by atoms with Gasteiger partial charge in [-0.05, 0) is 5.53 Å². The normalized spacial score (nSPS) is 36.3. The summed E-state index contributed by atoms with van der Waals surface area (Å²) in [4.78, 5) is 58.9. The first-order chi connectivity index (χ1) is 22.4. The zero-order chi connectivity index (χ0) is 33.2. The number of aromatic nitrogens is 8. The number of aliphatic hydroxyl groups is 1. The molecule has 8 N–H and O–H groups in total. The van der Waals surface area contributed by atoms with Crippen LogP contribution in [0.2, 0.25) is 0 Å². The molecular formula is C20H23N13O12P2. The Morgan fingerprint density at radius 2 is 1.57 bits per heavy atom. The van der Waals surface area contributed by atoms with Crippen LogP contribution in [0.3, 0.4) is 0 Å². The van der Waals surface area contributed by atoms with Crippen molar-refractivity contribution in [1.29, 1.82) is 0 Å². The standard InChI is InChI=1S/C20H23N13O12P2/c21-14-9-15(25-3-24-14)32(4-26-9)18-11(34)12-7(43-18)2-41-47(38,39)45-13-8(30-31-23)6(1-40-46(36,37)44-12)42-19(13)33-5-27-10-16(33)28-20(22)29-17(10)35/h3-8,11-13,18-19,34H,1-2H2,(H,36,37)(H,38,39)(H2,21,24,25)(H3,22,28,29,35)/t6-,7-,8?,11-,12-,13-,18-,19?/m1/s1. The van der Waals surface area contributed by atoms with Gasteiger partial charge in [-0.3, -0.25) is 37.0 Å². The molecule has 4 aromatic rings. The summed E-state index contributed by atoms with van der Waals surface area (Å²) in [5.74, 6) is -0.270. The van der Waals surface area contributed by atoms with E-state index in [1.54, 1.807) is 0 Å². The Bertz CT molecular complexity index is 2070. The number of ether oxygens (including phenoxy) is 2. The summed E-state index contributed by atoms with van der Waals surface area (Å²) in [5.41, 5.74) is 20.1. The molecule has 7 heterocycles. The predicted molar refractivity (Wildman–Crippen MR) is 150 cm³/mol. The molecule has 0 amide bonds. The second-order valence-electron chi connectivity index (χ2n) is 10.3. The maximum absolute atomic E-state index is 13.4. The van der Waals surface area contributed by atoms with Crippen molar-refractivity contribution in [2.24, 2.45) is 5.11 Å². The van der Waals surface area contributed by atoms with Crippen LogP contribution in [0.1, 0.15) is 12.5 Å². The van der Waals surface area contributed by atoms with Crippen LogP contribution in [0.15, 0.2) is 28.9 Å². The number of H-pyrrole nitrogens is 1. The Morgan fingerprint density at radius 3 is 2.30 bits per heavy atom. The molecule has 3 aliphatic heterocycles. The van der Waals surface area contributed by atoms with E-state index in [1.807, 2.05) is 0 Å². The highest BCUT2D eigenvalue weighted by Gasteiger charge is 2.54. The van der Waals surface area contributed by atoms with Crippen molar-refractivity contribution in [1.82, 2.24) is 39.0 Å². The number of aromatic amines is 1. The zero-order valence-corrected chi connectivity index (χ0v) is 25.1. The first kappa shape index (κ1) is 31.5. The number of nitrogen functional groups attached to an aromatic ring is 2. The lowest BCUT2D eigenvalue weighted by Crippen LogP contribution is -2.36. The number of phosphoric ester groups is 2. The third-order valence-electron chi connectivity index (χ3n) is 7.51. The number of hydrogen-bond acceptors (Lipinski definition) is 18. The molecule has 10 atom stereocenters. The van der Waals surface area contributed by atoms with E-state index in [9.17, 15) is 34.3 Å². The second kappa shape index (κ2) is 11.6. The number of phosphoric acid groups is 2. The van der Waals surface area contributed by atoms with Gasteiger partial charge in [-0.2, -0.15) is 4.98 Å². The lowest BCUT2D eigenvalue weighted by molar-refractivity contribution is -0.0670. The van der Waals surface area contributed by atoms with Gasteiger partial charge in [0.25, 0.3) is 5.56 Å². The topological polar surface area (TPSA) is 358 Å². The largest absolute Gasteiger partial charge is 0.472 e. The average Bonchev–Trinajstić information content (AvgIpc) is 3.76. The summed E-state index contributed by atoms with van der Waals surface area (Å²) in [7, 11) is -10.3. The van der Waals surface area contributed by atoms with E-state index < -0.39 is 83.4 Å². The molecule has 27 heteroatoms. The molecule has 0 aromatic carbocycles. The van der Waals surface area contributed by atoms with Crippen molar-refractivity contribution in [3.05, 3.63) is 39.8 Å². The Hall–Kier alpha value is -4.09. The van der Waals surface area contributed by atoms with Crippen molar-refractivity contribution < 1.29 is 51.6 Å². The van der Waals surface area contributed by atoms with E-state index >= 15 is 0 Å². The van der Waals surface area contributed by atoms with E-state index in [4.69, 9.17) is 39.0 Å². The molecule has 0 saturated carbocycles. The zero-order valence-electron chi connectivity index (χ0n) is 23.3. The van der Waals surface area contributed by atoms with Gasteiger partial charge in [-0.15, -0.1) is 0 Å². The van der Waals surface area contributed by atoms with Crippen LogP contribution in [-0.4, -0.2) is 104 Å². The molecule has 3 aliphatic rings. The minimum atomic E-state index is -5.16. The van der Waals surface area contributed by atoms with Gasteiger partial charge < -0.3 is 35.8 Å². The number of azide groups is 1. The third kappa shape index (κ3) is 5.63. The summed E-state index contributed by atoms with van der Waals surface area (Å²) in [6.07, 6.45) is -7.45. The molecule has 0 radical (unpaired) electrons. The number of fused-ring (bicyclic) bond motifs is 5. The van der Waals surface area contributed by atoms with Crippen LogP contribution in [0, 0.1) is 0 Å².